The Bertz CT molecular complexity index is 398. The average Bonchev–Trinajstić information content (AvgIpc) is 2.31. The number of hydrogen-bond acceptors (Lipinski definition) is 1. The molecule has 0 amide bonds. The number of rotatable bonds is 0. The molecule has 0 spiro atoms. The molecular formula is C7H3ClINSe. The monoisotopic (exact) mass is 343 g/mol. The Morgan fingerprint density at radius 3 is 3.09 bits per heavy atom. The minimum atomic E-state index is 0.404. The van der Waals surface area contributed by atoms with Crippen molar-refractivity contribution >= 4 is 58.3 Å². The van der Waals surface area contributed by atoms with Crippen LogP contribution in [0.4, 0.5) is 0 Å². The summed E-state index contributed by atoms with van der Waals surface area (Å²) in [5, 5.41) is 1.92. The number of hydrogen-bond donors (Lipinski definition) is 0. The predicted molar refractivity (Wildman–Crippen MR) is 56.4 cm³/mol. The van der Waals surface area contributed by atoms with Crippen LogP contribution in [0.25, 0.3) is 9.65 Å². The molecule has 56 valence electrons. The van der Waals surface area contributed by atoms with E-state index in [1.807, 2.05) is 6.07 Å². The molecule has 0 atom stereocenters. The Labute approximate surface area is 88.7 Å². The van der Waals surface area contributed by atoms with Crippen molar-refractivity contribution in [2.45, 2.75) is 0 Å². The molecule has 0 fully saturated rings. The first-order valence-corrected chi connectivity index (χ1v) is 6.14. The van der Waals surface area contributed by atoms with Crippen LogP contribution < -0.4 is 0 Å². The molecule has 0 aliphatic heterocycles. The van der Waals surface area contributed by atoms with Gasteiger partial charge in [-0.15, -0.1) is 0 Å². The zero-order chi connectivity index (χ0) is 7.84. The summed E-state index contributed by atoms with van der Waals surface area (Å²) in [6.45, 7) is 0. The molecule has 0 saturated heterocycles. The van der Waals surface area contributed by atoms with E-state index < -0.39 is 0 Å². The van der Waals surface area contributed by atoms with Crippen molar-refractivity contribution in [2.75, 3.05) is 0 Å². The quantitative estimate of drug-likeness (QED) is 0.407. The van der Waals surface area contributed by atoms with Crippen molar-refractivity contribution in [3.8, 4) is 0 Å². The van der Waals surface area contributed by atoms with Gasteiger partial charge in [0.25, 0.3) is 0 Å². The number of halogens is 2. The fraction of sp³-hybridized carbons (Fsp3) is 0. The van der Waals surface area contributed by atoms with Gasteiger partial charge in [0, 0.05) is 0 Å². The fourth-order valence-electron chi connectivity index (χ4n) is 0.900. The standard InChI is InChI=1S/C7H3ClINSe/c8-7-6-4(1-2-10-7)3-5(9)11-6/h1-3H. The summed E-state index contributed by atoms with van der Waals surface area (Å²) in [5.74, 6) is 0. The Morgan fingerprint density at radius 2 is 2.36 bits per heavy atom. The van der Waals surface area contributed by atoms with Crippen LogP contribution in [0.3, 0.4) is 0 Å². The molecule has 2 aromatic rings. The van der Waals surface area contributed by atoms with Crippen molar-refractivity contribution in [1.82, 2.24) is 4.98 Å². The molecule has 0 unspecified atom stereocenters. The van der Waals surface area contributed by atoms with Crippen LogP contribution in [0.15, 0.2) is 18.3 Å². The SMILES string of the molecule is Clc1nccc2cc(I)[se]c12. The Hall–Kier alpha value is 0.429. The molecular weight excluding hydrogens is 339 g/mol. The van der Waals surface area contributed by atoms with E-state index in [4.69, 9.17) is 11.6 Å². The van der Waals surface area contributed by atoms with Crippen molar-refractivity contribution in [3.05, 3.63) is 25.9 Å². The van der Waals surface area contributed by atoms with Gasteiger partial charge in [0.1, 0.15) is 0 Å². The first-order chi connectivity index (χ1) is 5.27. The number of nitrogens with zero attached hydrogens (tertiary/aromatic N) is 1. The van der Waals surface area contributed by atoms with Crippen LogP contribution in [0.2, 0.25) is 5.15 Å². The van der Waals surface area contributed by atoms with E-state index in [9.17, 15) is 0 Å². The van der Waals surface area contributed by atoms with Crippen molar-refractivity contribution in [1.29, 1.82) is 0 Å². The zero-order valence-corrected chi connectivity index (χ0v) is 9.97. The summed E-state index contributed by atoms with van der Waals surface area (Å²) < 4.78 is 2.62. The van der Waals surface area contributed by atoms with E-state index in [1.165, 1.54) is 12.1 Å². The predicted octanol–water partition coefficient (Wildman–Crippen LogP) is 2.55. The van der Waals surface area contributed by atoms with Crippen LogP contribution >= 0.6 is 34.2 Å². The topological polar surface area (TPSA) is 12.9 Å². The van der Waals surface area contributed by atoms with E-state index in [0.29, 0.717) is 19.7 Å². The third kappa shape index (κ3) is 1.47. The van der Waals surface area contributed by atoms with Gasteiger partial charge in [0.05, 0.1) is 0 Å². The second-order valence-corrected chi connectivity index (χ2v) is 7.44. The molecule has 0 aromatic carbocycles. The molecule has 0 N–H and O–H groups in total. The van der Waals surface area contributed by atoms with E-state index in [1.54, 1.807) is 6.20 Å². The average molecular weight is 342 g/mol. The van der Waals surface area contributed by atoms with Crippen LogP contribution in [0.1, 0.15) is 0 Å². The molecule has 0 saturated carbocycles. The van der Waals surface area contributed by atoms with Gasteiger partial charge in [-0.3, -0.25) is 0 Å². The number of fused-ring (bicyclic) bond motifs is 1. The molecule has 0 aliphatic rings. The summed E-state index contributed by atoms with van der Waals surface area (Å²) in [5.41, 5.74) is 0. The van der Waals surface area contributed by atoms with Gasteiger partial charge in [0.15, 0.2) is 0 Å². The van der Waals surface area contributed by atoms with Crippen molar-refractivity contribution in [3.63, 3.8) is 0 Å². The van der Waals surface area contributed by atoms with Crippen LogP contribution in [0.5, 0.6) is 0 Å². The van der Waals surface area contributed by atoms with E-state index in [2.05, 4.69) is 33.6 Å². The summed E-state index contributed by atoms with van der Waals surface area (Å²) in [4.78, 5) is 4.03. The molecule has 2 heterocycles. The van der Waals surface area contributed by atoms with Crippen LogP contribution in [0, 0.1) is 2.44 Å². The summed E-state index contributed by atoms with van der Waals surface area (Å²) >= 11 is 8.65. The first-order valence-electron chi connectivity index (χ1n) is 2.97. The second kappa shape index (κ2) is 3.05. The minimum absolute atomic E-state index is 0.404. The van der Waals surface area contributed by atoms with Gasteiger partial charge in [-0.1, -0.05) is 0 Å². The summed E-state index contributed by atoms with van der Waals surface area (Å²) in [7, 11) is 0. The van der Waals surface area contributed by atoms with Crippen molar-refractivity contribution < 1.29 is 0 Å². The van der Waals surface area contributed by atoms with E-state index >= 15 is 0 Å². The van der Waals surface area contributed by atoms with Gasteiger partial charge in [0.2, 0.25) is 0 Å². The van der Waals surface area contributed by atoms with Gasteiger partial charge in [-0.25, -0.2) is 0 Å². The Morgan fingerprint density at radius 1 is 1.55 bits per heavy atom. The summed E-state index contributed by atoms with van der Waals surface area (Å²) in [6.07, 6.45) is 1.75. The Kier molecular flexibility index (Phi) is 2.23. The molecule has 11 heavy (non-hydrogen) atoms. The Balaban J connectivity index is 2.90. The van der Waals surface area contributed by atoms with Gasteiger partial charge in [-0.2, -0.15) is 0 Å². The maximum absolute atomic E-state index is 5.90. The zero-order valence-electron chi connectivity index (χ0n) is 5.34. The van der Waals surface area contributed by atoms with Crippen LogP contribution in [-0.2, 0) is 0 Å². The molecule has 0 aliphatic carbocycles. The third-order valence-electron chi connectivity index (χ3n) is 1.36. The van der Waals surface area contributed by atoms with Crippen molar-refractivity contribution in [2.24, 2.45) is 0 Å². The van der Waals surface area contributed by atoms with E-state index in [0.717, 1.165) is 0 Å². The first kappa shape index (κ1) is 8.05. The molecule has 4 heteroatoms. The molecule has 2 rings (SSSR count). The number of aromatic nitrogens is 1. The van der Waals surface area contributed by atoms with Gasteiger partial charge in [-0.05, 0) is 0 Å². The normalized spacial score (nSPS) is 10.7. The summed E-state index contributed by atoms with van der Waals surface area (Å²) in [6, 6.07) is 4.18. The van der Waals surface area contributed by atoms with Gasteiger partial charge >= 0.3 is 89.3 Å². The molecule has 1 nitrogen and oxygen atoms in total. The second-order valence-electron chi connectivity index (χ2n) is 2.07. The van der Waals surface area contributed by atoms with E-state index in [-0.39, 0.29) is 0 Å². The number of pyridine rings is 1. The molecule has 2 aromatic heterocycles. The van der Waals surface area contributed by atoms with Gasteiger partial charge < -0.3 is 0 Å². The fourth-order valence-corrected chi connectivity index (χ4v) is 4.35. The maximum atomic E-state index is 5.90. The van der Waals surface area contributed by atoms with Crippen LogP contribution in [-0.4, -0.2) is 19.5 Å². The third-order valence-corrected chi connectivity index (χ3v) is 5.34. The molecule has 0 bridgehead atoms. The molecule has 0 radical (unpaired) electrons.